The van der Waals surface area contributed by atoms with Crippen molar-refractivity contribution in [1.82, 2.24) is 14.4 Å². The van der Waals surface area contributed by atoms with E-state index in [4.69, 9.17) is 13.9 Å². The zero-order valence-corrected chi connectivity index (χ0v) is 25.1. The number of pyridine rings is 1. The van der Waals surface area contributed by atoms with Crippen LogP contribution in [0, 0.1) is 0 Å². The van der Waals surface area contributed by atoms with Crippen molar-refractivity contribution in [3.05, 3.63) is 94.5 Å². The van der Waals surface area contributed by atoms with Gasteiger partial charge in [0.1, 0.15) is 11.5 Å². The van der Waals surface area contributed by atoms with Gasteiger partial charge in [0.15, 0.2) is 6.73 Å². The first kappa shape index (κ1) is 28.8. The number of nitrogens with zero attached hydrogens (tertiary/aromatic N) is 4. The molecule has 2 aromatic carbocycles. The molecule has 0 N–H and O–H groups in total. The highest BCUT2D eigenvalue weighted by molar-refractivity contribution is 7.17. The number of furan rings is 1. The van der Waals surface area contributed by atoms with Crippen LogP contribution in [0.25, 0.3) is 21.0 Å². The number of rotatable bonds is 11. The van der Waals surface area contributed by atoms with E-state index in [1.165, 1.54) is 31.3 Å². The van der Waals surface area contributed by atoms with Gasteiger partial charge >= 0.3 is 6.09 Å². The molecule has 6 rings (SSSR count). The van der Waals surface area contributed by atoms with Crippen LogP contribution >= 0.6 is 11.3 Å². The van der Waals surface area contributed by atoms with E-state index in [-0.39, 0.29) is 18.8 Å². The number of unbranched alkanes of at least 4 members (excludes halogenated alkanes) is 1. The second-order valence-electron chi connectivity index (χ2n) is 10.8. The molecule has 0 aliphatic carbocycles. The Balaban J connectivity index is 0.967. The molecule has 4 heterocycles. The third kappa shape index (κ3) is 6.87. The molecule has 224 valence electrons. The molecule has 9 nitrogen and oxygen atoms in total. The lowest BCUT2D eigenvalue weighted by Crippen LogP contribution is -2.46. The third-order valence-electron chi connectivity index (χ3n) is 7.89. The summed E-state index contributed by atoms with van der Waals surface area (Å²) in [7, 11) is 1.62. The maximum absolute atomic E-state index is 12.7. The van der Waals surface area contributed by atoms with Crippen LogP contribution in [0.1, 0.15) is 18.6 Å². The van der Waals surface area contributed by atoms with Crippen molar-refractivity contribution in [2.24, 2.45) is 0 Å². The van der Waals surface area contributed by atoms with Gasteiger partial charge in [-0.1, -0.05) is 6.07 Å². The van der Waals surface area contributed by atoms with Gasteiger partial charge in [-0.2, -0.15) is 0 Å². The van der Waals surface area contributed by atoms with Crippen LogP contribution in [-0.4, -0.2) is 66.8 Å². The first-order valence-corrected chi connectivity index (χ1v) is 15.5. The Bertz CT molecular complexity index is 1720. The zero-order chi connectivity index (χ0) is 29.6. The van der Waals surface area contributed by atoms with Gasteiger partial charge in [-0.25, -0.2) is 4.79 Å². The standard InChI is InChI=1S/C33H36N4O5S/c1-34(23-27-6-5-20-41-27)33(39)42-24-37-30-22-26(11-9-25(30)10-12-32(37)38)40-19-3-2-14-35-15-17-36(18-16-35)29-7-4-8-31-28(29)13-21-43-31/h4-13,20-22H,2-3,14-19,23-24H2,1H3. The highest BCUT2D eigenvalue weighted by Gasteiger charge is 2.19. The van der Waals surface area contributed by atoms with Gasteiger partial charge in [-0.3, -0.25) is 14.3 Å². The SMILES string of the molecule is CN(Cc1ccco1)C(=O)OCn1c(=O)ccc2ccc(OCCCCN3CCN(c4cccc5sccc45)CC3)cc21. The van der Waals surface area contributed by atoms with Crippen LogP contribution in [0.4, 0.5) is 10.5 Å². The van der Waals surface area contributed by atoms with Crippen molar-refractivity contribution >= 4 is 44.1 Å². The summed E-state index contributed by atoms with van der Waals surface area (Å²) in [5, 5.41) is 4.39. The number of anilines is 1. The van der Waals surface area contributed by atoms with Crippen LogP contribution in [0.15, 0.2) is 87.6 Å². The van der Waals surface area contributed by atoms with Crippen molar-refractivity contribution in [2.75, 3.05) is 51.3 Å². The summed E-state index contributed by atoms with van der Waals surface area (Å²) < 4.78 is 19.6. The Kier molecular flexibility index (Phi) is 8.95. The molecule has 0 bridgehead atoms. The summed E-state index contributed by atoms with van der Waals surface area (Å²) in [6.07, 6.45) is 3.00. The molecule has 1 fully saturated rings. The minimum atomic E-state index is -0.547. The van der Waals surface area contributed by atoms with Crippen LogP contribution in [0.2, 0.25) is 0 Å². The summed E-state index contributed by atoms with van der Waals surface area (Å²) in [4.78, 5) is 31.6. The Morgan fingerprint density at radius 2 is 1.86 bits per heavy atom. The van der Waals surface area contributed by atoms with E-state index in [2.05, 4.69) is 39.4 Å². The highest BCUT2D eigenvalue weighted by Crippen LogP contribution is 2.31. The number of piperazine rings is 1. The number of thiophene rings is 1. The topological polar surface area (TPSA) is 80.4 Å². The molecule has 1 amide bonds. The molecular formula is C33H36N4O5S. The van der Waals surface area contributed by atoms with E-state index in [9.17, 15) is 9.59 Å². The van der Waals surface area contributed by atoms with Gasteiger partial charge in [-0.15, -0.1) is 11.3 Å². The molecule has 0 spiro atoms. The maximum atomic E-state index is 12.7. The zero-order valence-electron chi connectivity index (χ0n) is 24.3. The van der Waals surface area contributed by atoms with E-state index in [1.807, 2.05) is 18.2 Å². The Morgan fingerprint density at radius 3 is 2.70 bits per heavy atom. The number of amides is 1. The van der Waals surface area contributed by atoms with Gasteiger partial charge in [0.2, 0.25) is 0 Å². The number of carbonyl (C=O) groups excluding carboxylic acids is 1. The highest BCUT2D eigenvalue weighted by atomic mass is 32.1. The van der Waals surface area contributed by atoms with Gasteiger partial charge in [0.05, 0.1) is 24.9 Å². The fourth-order valence-corrected chi connectivity index (χ4v) is 6.32. The van der Waals surface area contributed by atoms with Gasteiger partial charge < -0.3 is 23.7 Å². The monoisotopic (exact) mass is 600 g/mol. The van der Waals surface area contributed by atoms with E-state index >= 15 is 0 Å². The number of fused-ring (bicyclic) bond motifs is 2. The first-order chi connectivity index (χ1) is 21.0. The number of hydrogen-bond donors (Lipinski definition) is 0. The Hall–Kier alpha value is -4.28. The minimum Gasteiger partial charge on any atom is -0.494 e. The molecule has 1 saturated heterocycles. The number of ether oxygens (including phenoxy) is 2. The van der Waals surface area contributed by atoms with Crippen LogP contribution < -0.4 is 15.2 Å². The molecule has 1 aliphatic rings. The fraction of sp³-hybridized carbons (Fsp3) is 0.333. The lowest BCUT2D eigenvalue weighted by Gasteiger charge is -2.36. The summed E-state index contributed by atoms with van der Waals surface area (Å²) in [6.45, 7) is 5.93. The molecule has 0 radical (unpaired) electrons. The van der Waals surface area contributed by atoms with Gasteiger partial charge in [-0.05, 0) is 78.7 Å². The van der Waals surface area contributed by atoms with Crippen LogP contribution in [0.3, 0.4) is 0 Å². The van der Waals surface area contributed by atoms with Gasteiger partial charge in [0.25, 0.3) is 5.56 Å². The van der Waals surface area contributed by atoms with Crippen molar-refractivity contribution in [2.45, 2.75) is 26.1 Å². The molecular weight excluding hydrogens is 564 g/mol. The van der Waals surface area contributed by atoms with E-state index in [1.54, 1.807) is 42.8 Å². The van der Waals surface area contributed by atoms with E-state index in [0.29, 0.717) is 23.6 Å². The number of benzene rings is 2. The lowest BCUT2D eigenvalue weighted by atomic mass is 10.2. The summed E-state index contributed by atoms with van der Waals surface area (Å²) >= 11 is 1.80. The second-order valence-corrected chi connectivity index (χ2v) is 11.7. The van der Waals surface area contributed by atoms with Crippen LogP contribution in [0.5, 0.6) is 5.75 Å². The molecule has 1 aliphatic heterocycles. The Morgan fingerprint density at radius 1 is 1.00 bits per heavy atom. The average Bonchev–Trinajstić information content (AvgIpc) is 3.73. The third-order valence-corrected chi connectivity index (χ3v) is 8.77. The molecule has 3 aromatic heterocycles. The van der Waals surface area contributed by atoms with Crippen molar-refractivity contribution < 1.29 is 18.7 Å². The predicted molar refractivity (Wildman–Crippen MR) is 170 cm³/mol. The number of carbonyl (C=O) groups is 1. The molecule has 43 heavy (non-hydrogen) atoms. The average molecular weight is 601 g/mol. The smallest absolute Gasteiger partial charge is 0.411 e. The normalized spacial score (nSPS) is 13.9. The second kappa shape index (κ2) is 13.4. The number of hydrogen-bond acceptors (Lipinski definition) is 8. The Labute approximate surface area is 254 Å². The summed E-state index contributed by atoms with van der Waals surface area (Å²) in [5.41, 5.74) is 1.75. The van der Waals surface area contributed by atoms with E-state index < -0.39 is 6.09 Å². The summed E-state index contributed by atoms with van der Waals surface area (Å²) in [5.74, 6) is 1.33. The molecule has 0 unspecified atom stereocenters. The van der Waals surface area contributed by atoms with Crippen molar-refractivity contribution in [3.63, 3.8) is 0 Å². The van der Waals surface area contributed by atoms with E-state index in [0.717, 1.165) is 51.0 Å². The molecule has 0 atom stereocenters. The van der Waals surface area contributed by atoms with Crippen molar-refractivity contribution in [1.29, 1.82) is 0 Å². The predicted octanol–water partition coefficient (Wildman–Crippen LogP) is 6.02. The minimum absolute atomic E-state index is 0.198. The maximum Gasteiger partial charge on any atom is 0.411 e. The van der Waals surface area contributed by atoms with Crippen LogP contribution in [-0.2, 0) is 18.0 Å². The van der Waals surface area contributed by atoms with Crippen molar-refractivity contribution in [3.8, 4) is 5.75 Å². The molecule has 0 saturated carbocycles. The fourth-order valence-electron chi connectivity index (χ4n) is 5.52. The molecule has 10 heteroatoms. The summed E-state index contributed by atoms with van der Waals surface area (Å²) in [6, 6.07) is 21.3. The van der Waals surface area contributed by atoms with Gasteiger partial charge in [0, 0.05) is 61.1 Å². The first-order valence-electron chi connectivity index (χ1n) is 14.7. The largest absolute Gasteiger partial charge is 0.494 e. The molecule has 5 aromatic rings. The lowest BCUT2D eigenvalue weighted by molar-refractivity contribution is 0.0796. The quantitative estimate of drug-likeness (QED) is 0.172. The number of aromatic nitrogens is 1.